The van der Waals surface area contributed by atoms with Crippen LogP contribution in [0, 0.1) is 0 Å². The lowest BCUT2D eigenvalue weighted by molar-refractivity contribution is 0.0938. The van der Waals surface area contributed by atoms with Gasteiger partial charge in [0.25, 0.3) is 5.91 Å². The van der Waals surface area contributed by atoms with Gasteiger partial charge in [-0.2, -0.15) is 0 Å². The molecular weight excluding hydrogens is 356 g/mol. The minimum absolute atomic E-state index is 0.0189. The van der Waals surface area contributed by atoms with Gasteiger partial charge in [-0.05, 0) is 48.9 Å². The lowest BCUT2D eigenvalue weighted by Crippen LogP contribution is -2.32. The van der Waals surface area contributed by atoms with Crippen LogP contribution in [-0.2, 0) is 13.0 Å². The van der Waals surface area contributed by atoms with Crippen molar-refractivity contribution in [1.82, 2.24) is 9.88 Å². The van der Waals surface area contributed by atoms with Crippen molar-refractivity contribution >= 4 is 28.6 Å². The summed E-state index contributed by atoms with van der Waals surface area (Å²) >= 11 is 1.74. The number of ether oxygens (including phenoxy) is 1. The summed E-state index contributed by atoms with van der Waals surface area (Å²) in [6, 6.07) is 16.5. The Morgan fingerprint density at radius 3 is 2.81 bits per heavy atom. The molecule has 2 aromatic carbocycles. The summed E-state index contributed by atoms with van der Waals surface area (Å²) in [6.07, 6.45) is 3.92. The highest BCUT2D eigenvalue weighted by Gasteiger charge is 2.25. The summed E-state index contributed by atoms with van der Waals surface area (Å²) in [5.74, 6) is 0.855. The summed E-state index contributed by atoms with van der Waals surface area (Å²) in [7, 11) is 0. The van der Waals surface area contributed by atoms with Crippen molar-refractivity contribution in [2.45, 2.75) is 37.3 Å². The van der Waals surface area contributed by atoms with Crippen molar-refractivity contribution in [3.8, 4) is 5.75 Å². The van der Waals surface area contributed by atoms with Crippen LogP contribution in [0.2, 0.25) is 0 Å². The number of benzene rings is 2. The molecule has 3 aromatic rings. The molecule has 5 heteroatoms. The number of carbonyl (C=O) groups is 1. The molecule has 1 atom stereocenters. The van der Waals surface area contributed by atoms with E-state index in [0.717, 1.165) is 41.7 Å². The van der Waals surface area contributed by atoms with E-state index in [0.29, 0.717) is 6.54 Å². The summed E-state index contributed by atoms with van der Waals surface area (Å²) in [4.78, 5) is 14.1. The third-order valence-electron chi connectivity index (χ3n) is 5.11. The van der Waals surface area contributed by atoms with Crippen LogP contribution in [-0.4, -0.2) is 29.4 Å². The molecule has 27 heavy (non-hydrogen) atoms. The summed E-state index contributed by atoms with van der Waals surface area (Å²) < 4.78 is 8.17. The van der Waals surface area contributed by atoms with Gasteiger partial charge in [0.1, 0.15) is 17.5 Å². The Morgan fingerprint density at radius 2 is 2.07 bits per heavy atom. The van der Waals surface area contributed by atoms with Crippen LogP contribution in [0.5, 0.6) is 5.75 Å². The van der Waals surface area contributed by atoms with E-state index in [4.69, 9.17) is 4.74 Å². The second kappa shape index (κ2) is 7.69. The number of carbonyl (C=O) groups excluding carboxylic acids is 1. The summed E-state index contributed by atoms with van der Waals surface area (Å²) in [5, 5.41) is 4.14. The van der Waals surface area contributed by atoms with Crippen LogP contribution >= 0.6 is 11.8 Å². The minimum Gasteiger partial charge on any atom is -0.486 e. The molecule has 0 spiro atoms. The van der Waals surface area contributed by atoms with Crippen LogP contribution in [0.4, 0.5) is 0 Å². The Bertz CT molecular complexity index is 962. The zero-order chi connectivity index (χ0) is 18.8. The molecule has 1 N–H and O–H groups in total. The van der Waals surface area contributed by atoms with Crippen molar-refractivity contribution < 1.29 is 9.53 Å². The molecule has 4 nitrogen and oxygen atoms in total. The predicted molar refractivity (Wildman–Crippen MR) is 111 cm³/mol. The molecule has 2 heterocycles. The maximum atomic E-state index is 12.8. The number of aromatic nitrogens is 1. The van der Waals surface area contributed by atoms with Gasteiger partial charge < -0.3 is 14.6 Å². The Balaban J connectivity index is 1.49. The van der Waals surface area contributed by atoms with E-state index in [1.54, 1.807) is 11.8 Å². The highest BCUT2D eigenvalue weighted by Crippen LogP contribution is 2.34. The van der Waals surface area contributed by atoms with Gasteiger partial charge in [-0.15, -0.1) is 11.8 Å². The van der Waals surface area contributed by atoms with E-state index < -0.39 is 0 Å². The molecule has 0 unspecified atom stereocenters. The molecular formula is C22H24N2O2S. The van der Waals surface area contributed by atoms with E-state index >= 15 is 0 Å². The molecule has 1 aliphatic rings. The van der Waals surface area contributed by atoms with Gasteiger partial charge >= 0.3 is 0 Å². The van der Waals surface area contributed by atoms with Gasteiger partial charge in [-0.25, -0.2) is 0 Å². The molecule has 1 amide bonds. The average molecular weight is 381 g/mol. The highest BCUT2D eigenvalue weighted by molar-refractivity contribution is 7.98. The lowest BCUT2D eigenvalue weighted by Gasteiger charge is -2.26. The number of amides is 1. The first-order valence-corrected chi connectivity index (χ1v) is 10.6. The molecule has 0 radical (unpaired) electrons. The molecule has 0 saturated heterocycles. The zero-order valence-electron chi connectivity index (χ0n) is 15.7. The Hall–Kier alpha value is -2.40. The van der Waals surface area contributed by atoms with Crippen molar-refractivity contribution in [3.63, 3.8) is 0 Å². The van der Waals surface area contributed by atoms with Gasteiger partial charge in [-0.3, -0.25) is 4.79 Å². The number of nitrogens with zero attached hydrogens (tertiary/aromatic N) is 1. The number of hydrogen-bond donors (Lipinski definition) is 1. The molecule has 0 bridgehead atoms. The highest BCUT2D eigenvalue weighted by atomic mass is 32.2. The summed E-state index contributed by atoms with van der Waals surface area (Å²) in [5.41, 5.74) is 2.98. The van der Waals surface area contributed by atoms with E-state index in [2.05, 4.69) is 47.3 Å². The van der Waals surface area contributed by atoms with Gasteiger partial charge in [0, 0.05) is 16.8 Å². The van der Waals surface area contributed by atoms with Gasteiger partial charge in [0.2, 0.25) is 0 Å². The molecule has 1 aromatic heterocycles. The summed E-state index contributed by atoms with van der Waals surface area (Å²) in [6.45, 7) is 3.46. The minimum atomic E-state index is -0.0189. The fourth-order valence-electron chi connectivity index (χ4n) is 3.60. The lowest BCUT2D eigenvalue weighted by atomic mass is 10.1. The number of hydrogen-bond acceptors (Lipinski definition) is 3. The third kappa shape index (κ3) is 3.56. The van der Waals surface area contributed by atoms with Crippen molar-refractivity contribution in [2.75, 3.05) is 12.8 Å². The van der Waals surface area contributed by atoms with Crippen LogP contribution in [0.1, 0.15) is 29.4 Å². The Morgan fingerprint density at radius 1 is 1.26 bits per heavy atom. The Kier molecular flexibility index (Phi) is 5.12. The van der Waals surface area contributed by atoms with Gasteiger partial charge in [-0.1, -0.05) is 31.2 Å². The molecule has 1 aliphatic heterocycles. The molecule has 4 rings (SSSR count). The number of para-hydroxylation sites is 1. The SMILES string of the molecule is CC[C@H]1Cn2c(C(=O)NCCc3ccc(SC)cc3)cc3cccc(c32)O1. The normalized spacial score (nSPS) is 15.6. The van der Waals surface area contributed by atoms with Crippen molar-refractivity contribution in [2.24, 2.45) is 0 Å². The smallest absolute Gasteiger partial charge is 0.267 e. The van der Waals surface area contributed by atoms with Crippen LogP contribution in [0.25, 0.3) is 10.9 Å². The number of nitrogens with one attached hydrogen (secondary N) is 1. The van der Waals surface area contributed by atoms with Crippen LogP contribution < -0.4 is 10.1 Å². The zero-order valence-corrected chi connectivity index (χ0v) is 16.5. The number of thioether (sulfide) groups is 1. The monoisotopic (exact) mass is 380 g/mol. The first kappa shape index (κ1) is 18.0. The number of rotatable bonds is 6. The molecule has 0 saturated carbocycles. The predicted octanol–water partition coefficient (Wildman–Crippen LogP) is 4.51. The molecule has 0 fully saturated rings. The van der Waals surface area contributed by atoms with E-state index in [1.165, 1.54) is 10.5 Å². The van der Waals surface area contributed by atoms with E-state index in [-0.39, 0.29) is 12.0 Å². The maximum Gasteiger partial charge on any atom is 0.267 e. The van der Waals surface area contributed by atoms with Gasteiger partial charge in [0.15, 0.2) is 0 Å². The molecule has 140 valence electrons. The largest absolute Gasteiger partial charge is 0.486 e. The third-order valence-corrected chi connectivity index (χ3v) is 5.85. The first-order chi connectivity index (χ1) is 13.2. The fourth-order valence-corrected chi connectivity index (χ4v) is 4.01. The quantitative estimate of drug-likeness (QED) is 0.640. The van der Waals surface area contributed by atoms with Crippen molar-refractivity contribution in [3.05, 3.63) is 59.8 Å². The second-order valence-electron chi connectivity index (χ2n) is 6.84. The fraction of sp³-hybridized carbons (Fsp3) is 0.318. The first-order valence-electron chi connectivity index (χ1n) is 9.39. The molecule has 0 aliphatic carbocycles. The van der Waals surface area contributed by atoms with Gasteiger partial charge in [0.05, 0.1) is 12.1 Å². The second-order valence-corrected chi connectivity index (χ2v) is 7.72. The maximum absolute atomic E-state index is 12.8. The van der Waals surface area contributed by atoms with Crippen LogP contribution in [0.15, 0.2) is 53.4 Å². The topological polar surface area (TPSA) is 43.3 Å². The van der Waals surface area contributed by atoms with E-state index in [9.17, 15) is 4.79 Å². The Labute approximate surface area is 163 Å². The van der Waals surface area contributed by atoms with Crippen molar-refractivity contribution in [1.29, 1.82) is 0 Å². The average Bonchev–Trinajstić information content (AvgIpc) is 3.08. The van der Waals surface area contributed by atoms with Crippen LogP contribution in [0.3, 0.4) is 0 Å². The van der Waals surface area contributed by atoms with E-state index in [1.807, 2.05) is 24.3 Å². The standard InChI is InChI=1S/C22H24N2O2S/c1-3-17-14-24-19(13-16-5-4-6-20(26-17)21(16)24)22(25)23-12-11-15-7-9-18(27-2)10-8-15/h4-10,13,17H,3,11-12,14H2,1-2H3,(H,23,25)/t17-/m0/s1.